The van der Waals surface area contributed by atoms with E-state index in [-0.39, 0.29) is 17.4 Å². The molecule has 0 aliphatic carbocycles. The van der Waals surface area contributed by atoms with Crippen LogP contribution in [0.3, 0.4) is 0 Å². The van der Waals surface area contributed by atoms with Crippen LogP contribution < -0.4 is 5.73 Å². The minimum Gasteiger partial charge on any atom is -0.382 e. The fraction of sp³-hybridized carbons (Fsp3) is 0.286. The fourth-order valence-corrected chi connectivity index (χ4v) is 0.786. The van der Waals surface area contributed by atoms with Crippen LogP contribution in [0.25, 0.3) is 0 Å². The minimum absolute atomic E-state index is 0.0706. The number of nitrogens with two attached hydrogens (primary N) is 1. The molecule has 1 aromatic heterocycles. The third kappa shape index (κ3) is 1.44. The molecule has 0 fully saturated rings. The summed E-state index contributed by atoms with van der Waals surface area (Å²) in [4.78, 5) is 12.7. The van der Waals surface area contributed by atoms with Crippen molar-refractivity contribution in [2.45, 2.75) is 0 Å². The summed E-state index contributed by atoms with van der Waals surface area (Å²) >= 11 is 0. The molecule has 1 aromatic rings. The van der Waals surface area contributed by atoms with Gasteiger partial charge in [-0.25, -0.2) is 4.79 Å². The van der Waals surface area contributed by atoms with Crippen LogP contribution in [-0.4, -0.2) is 34.8 Å². The highest BCUT2D eigenvalue weighted by Gasteiger charge is 2.14. The minimum atomic E-state index is -0.376. The number of anilines is 1. The lowest BCUT2D eigenvalue weighted by atomic mass is 10.4. The molecule has 2 N–H and O–H groups in total. The number of aromatic nitrogens is 2. The Bertz CT molecular complexity index is 373. The van der Waals surface area contributed by atoms with Crippen LogP contribution >= 0.6 is 0 Å². The Morgan fingerprint density at radius 3 is 2.77 bits per heavy atom. The van der Waals surface area contributed by atoms with Crippen LogP contribution in [-0.2, 0) is 0 Å². The molecule has 0 spiro atoms. The zero-order valence-electron chi connectivity index (χ0n) is 7.35. The van der Waals surface area contributed by atoms with Crippen molar-refractivity contribution in [3.05, 3.63) is 11.8 Å². The van der Waals surface area contributed by atoms with Gasteiger partial charge in [0.1, 0.15) is 17.5 Å². The number of hydrogen-bond acceptors (Lipinski definition) is 4. The third-order valence-corrected chi connectivity index (χ3v) is 1.49. The van der Waals surface area contributed by atoms with Crippen LogP contribution in [0.1, 0.15) is 5.56 Å². The van der Waals surface area contributed by atoms with Crippen molar-refractivity contribution in [1.82, 2.24) is 14.7 Å². The van der Waals surface area contributed by atoms with E-state index >= 15 is 0 Å². The van der Waals surface area contributed by atoms with Crippen LogP contribution in [0.2, 0.25) is 0 Å². The first-order valence-corrected chi connectivity index (χ1v) is 3.53. The molecule has 13 heavy (non-hydrogen) atoms. The molecular weight excluding hydrogens is 170 g/mol. The van der Waals surface area contributed by atoms with Crippen molar-refractivity contribution < 1.29 is 4.79 Å². The zero-order valence-corrected chi connectivity index (χ0v) is 7.35. The molecule has 68 valence electrons. The standard InChI is InChI=1S/C7H9N5O/c1-11(2)7(13)12-6(9)5(3-8)4-10-12/h4H,9H2,1-2H3. The van der Waals surface area contributed by atoms with Crippen LogP contribution in [0, 0.1) is 11.3 Å². The van der Waals surface area contributed by atoms with Gasteiger partial charge < -0.3 is 10.6 Å². The summed E-state index contributed by atoms with van der Waals surface area (Å²) in [6.07, 6.45) is 1.26. The average Bonchev–Trinajstić information content (AvgIpc) is 2.45. The molecule has 6 nitrogen and oxygen atoms in total. The van der Waals surface area contributed by atoms with Crippen molar-refractivity contribution in [2.24, 2.45) is 0 Å². The molecular formula is C7H9N5O. The first kappa shape index (κ1) is 9.06. The maximum atomic E-state index is 11.3. The first-order chi connectivity index (χ1) is 6.07. The van der Waals surface area contributed by atoms with E-state index in [1.807, 2.05) is 6.07 Å². The van der Waals surface area contributed by atoms with E-state index in [4.69, 9.17) is 11.0 Å². The molecule has 0 aliphatic rings. The highest BCUT2D eigenvalue weighted by molar-refractivity contribution is 5.79. The second-order valence-electron chi connectivity index (χ2n) is 2.64. The average molecular weight is 179 g/mol. The van der Waals surface area contributed by atoms with Gasteiger partial charge in [0.05, 0.1) is 6.20 Å². The van der Waals surface area contributed by atoms with Gasteiger partial charge in [0.15, 0.2) is 0 Å². The van der Waals surface area contributed by atoms with Gasteiger partial charge in [-0.15, -0.1) is 0 Å². The number of hydrogen-bond donors (Lipinski definition) is 1. The lowest BCUT2D eigenvalue weighted by molar-refractivity contribution is 0.216. The topological polar surface area (TPSA) is 87.9 Å². The molecule has 0 aromatic carbocycles. The Kier molecular flexibility index (Phi) is 2.19. The van der Waals surface area contributed by atoms with Crippen molar-refractivity contribution >= 4 is 11.8 Å². The van der Waals surface area contributed by atoms with Crippen molar-refractivity contribution in [2.75, 3.05) is 19.8 Å². The first-order valence-electron chi connectivity index (χ1n) is 3.53. The normalized spacial score (nSPS) is 9.31. The second kappa shape index (κ2) is 3.15. The summed E-state index contributed by atoms with van der Waals surface area (Å²) < 4.78 is 0.985. The van der Waals surface area contributed by atoms with E-state index in [1.165, 1.54) is 11.1 Å². The van der Waals surface area contributed by atoms with E-state index in [0.29, 0.717) is 0 Å². The predicted molar refractivity (Wildman–Crippen MR) is 45.8 cm³/mol. The van der Waals surface area contributed by atoms with Gasteiger partial charge in [0.25, 0.3) is 0 Å². The monoisotopic (exact) mass is 179 g/mol. The number of amides is 1. The molecule has 0 saturated heterocycles. The highest BCUT2D eigenvalue weighted by Crippen LogP contribution is 2.09. The van der Waals surface area contributed by atoms with Crippen LogP contribution in [0.15, 0.2) is 6.20 Å². The highest BCUT2D eigenvalue weighted by atomic mass is 16.2. The molecule has 0 bridgehead atoms. The lowest BCUT2D eigenvalue weighted by Gasteiger charge is -2.09. The van der Waals surface area contributed by atoms with Crippen molar-refractivity contribution in [3.8, 4) is 6.07 Å². The van der Waals surface area contributed by atoms with Gasteiger partial charge in [-0.3, -0.25) is 0 Å². The maximum absolute atomic E-state index is 11.3. The van der Waals surface area contributed by atoms with E-state index in [2.05, 4.69) is 5.10 Å². The third-order valence-electron chi connectivity index (χ3n) is 1.49. The van der Waals surface area contributed by atoms with Gasteiger partial charge in [-0.05, 0) is 0 Å². The summed E-state index contributed by atoms with van der Waals surface area (Å²) in [5.41, 5.74) is 5.69. The molecule has 1 rings (SSSR count). The van der Waals surface area contributed by atoms with E-state index in [9.17, 15) is 4.79 Å². The van der Waals surface area contributed by atoms with Gasteiger partial charge in [-0.1, -0.05) is 0 Å². The van der Waals surface area contributed by atoms with Crippen molar-refractivity contribution in [3.63, 3.8) is 0 Å². The maximum Gasteiger partial charge on any atom is 0.346 e. The molecule has 0 aliphatic heterocycles. The SMILES string of the molecule is CN(C)C(=O)n1ncc(C#N)c1N. The molecule has 0 radical (unpaired) electrons. The summed E-state index contributed by atoms with van der Waals surface area (Å²) in [5, 5.41) is 12.2. The van der Waals surface area contributed by atoms with Crippen LogP contribution in [0.5, 0.6) is 0 Å². The second-order valence-corrected chi connectivity index (χ2v) is 2.64. The van der Waals surface area contributed by atoms with Gasteiger partial charge >= 0.3 is 6.03 Å². The molecule has 0 atom stereocenters. The molecule has 1 amide bonds. The number of nitrogen functional groups attached to an aromatic ring is 1. The molecule has 1 heterocycles. The predicted octanol–water partition coefficient (Wildman–Crippen LogP) is -0.133. The van der Waals surface area contributed by atoms with Gasteiger partial charge in [0.2, 0.25) is 0 Å². The Labute approximate surface area is 75.2 Å². The Hall–Kier alpha value is -2.03. The van der Waals surface area contributed by atoms with Crippen molar-refractivity contribution in [1.29, 1.82) is 5.26 Å². The van der Waals surface area contributed by atoms with Gasteiger partial charge in [0, 0.05) is 14.1 Å². The number of carbonyl (C=O) groups is 1. The van der Waals surface area contributed by atoms with E-state index in [0.717, 1.165) is 4.68 Å². The summed E-state index contributed by atoms with van der Waals surface area (Å²) in [5.74, 6) is 0.0706. The Balaban J connectivity index is 3.11. The molecule has 0 unspecified atom stereocenters. The number of carbonyl (C=O) groups excluding carboxylic acids is 1. The summed E-state index contributed by atoms with van der Waals surface area (Å²) in [7, 11) is 3.16. The fourth-order valence-electron chi connectivity index (χ4n) is 0.786. The number of nitrogens with zero attached hydrogens (tertiary/aromatic N) is 4. The quantitative estimate of drug-likeness (QED) is 0.600. The molecule has 0 saturated carbocycles. The zero-order chi connectivity index (χ0) is 10.0. The van der Waals surface area contributed by atoms with E-state index in [1.54, 1.807) is 14.1 Å². The number of nitriles is 1. The lowest BCUT2D eigenvalue weighted by Crippen LogP contribution is -2.29. The molecule has 6 heteroatoms. The van der Waals surface area contributed by atoms with E-state index < -0.39 is 0 Å². The summed E-state index contributed by atoms with van der Waals surface area (Å²) in [6.45, 7) is 0. The van der Waals surface area contributed by atoms with Gasteiger partial charge in [-0.2, -0.15) is 15.0 Å². The van der Waals surface area contributed by atoms with Crippen LogP contribution in [0.4, 0.5) is 10.6 Å². The Morgan fingerprint density at radius 2 is 2.38 bits per heavy atom. The summed E-state index contributed by atoms with van der Waals surface area (Å²) in [6, 6.07) is 1.45. The Morgan fingerprint density at radius 1 is 1.77 bits per heavy atom. The number of rotatable bonds is 0. The smallest absolute Gasteiger partial charge is 0.346 e. The largest absolute Gasteiger partial charge is 0.382 e.